The van der Waals surface area contributed by atoms with Crippen LogP contribution in [-0.2, 0) is 11.2 Å². The van der Waals surface area contributed by atoms with E-state index in [0.717, 1.165) is 45.0 Å². The van der Waals surface area contributed by atoms with E-state index in [0.29, 0.717) is 17.9 Å². The molecule has 234 valence electrons. The molecule has 1 amide bonds. The van der Waals surface area contributed by atoms with Gasteiger partial charge < -0.3 is 28.6 Å². The number of benzene rings is 2. The minimum Gasteiger partial charge on any atom is -0.543 e. The molecule has 2 bridgehead atoms. The average Bonchev–Trinajstić information content (AvgIpc) is 2.94. The van der Waals surface area contributed by atoms with E-state index in [1.54, 1.807) is 21.3 Å². The Morgan fingerprint density at radius 1 is 0.884 bits per heavy atom. The third kappa shape index (κ3) is 4.33. The maximum atomic E-state index is 14.5. The fourth-order valence-electron chi connectivity index (χ4n) is 7.16. The van der Waals surface area contributed by atoms with Crippen molar-refractivity contribution < 1.29 is 28.5 Å². The molecule has 2 aromatic carbocycles. The maximum absolute atomic E-state index is 14.5. The molecule has 9 heteroatoms. The van der Waals surface area contributed by atoms with Gasteiger partial charge in [0.05, 0.1) is 46.1 Å². The largest absolute Gasteiger partial charge is 0.543 e. The van der Waals surface area contributed by atoms with E-state index in [9.17, 15) is 9.90 Å². The van der Waals surface area contributed by atoms with Crippen LogP contribution < -0.4 is 18.6 Å². The number of carbonyl (C=O) groups is 1. The predicted molar refractivity (Wildman–Crippen MR) is 172 cm³/mol. The summed E-state index contributed by atoms with van der Waals surface area (Å²) in [7, 11) is 4.67. The number of nitrogens with zero attached hydrogens (tertiary/aromatic N) is 2. The van der Waals surface area contributed by atoms with Crippen molar-refractivity contribution >= 4 is 20.3 Å². The number of ether oxygens (including phenoxy) is 3. The third-order valence-corrected chi connectivity index (χ3v) is 15.0. The number of methoxy groups -OCH3 is 3. The summed E-state index contributed by atoms with van der Waals surface area (Å²) in [5.41, 5.74) is 8.97. The summed E-state index contributed by atoms with van der Waals surface area (Å²) in [5, 5.41) is 11.0. The fraction of sp³-hybridized carbons (Fsp3) is 0.559. The van der Waals surface area contributed by atoms with Crippen LogP contribution in [0.15, 0.2) is 5.70 Å². The summed E-state index contributed by atoms with van der Waals surface area (Å²) in [4.78, 5) is 18.5. The Kier molecular flexibility index (Phi) is 7.72. The van der Waals surface area contributed by atoms with Crippen molar-refractivity contribution in [2.75, 3.05) is 35.0 Å². The molecule has 3 atom stereocenters. The zero-order valence-corrected chi connectivity index (χ0v) is 29.1. The minimum absolute atomic E-state index is 0.0284. The second-order valence-corrected chi connectivity index (χ2v) is 18.5. The Morgan fingerprint density at radius 3 is 2.02 bits per heavy atom. The number of hydrogen-bond acceptors (Lipinski definition) is 7. The molecule has 0 radical (unpaired) electrons. The molecule has 5 rings (SSSR count). The molecule has 0 aromatic heterocycles. The zero-order chi connectivity index (χ0) is 31.9. The molecule has 8 nitrogen and oxygen atoms in total. The van der Waals surface area contributed by atoms with Crippen molar-refractivity contribution in [3.63, 3.8) is 0 Å². The highest BCUT2D eigenvalue weighted by Gasteiger charge is 2.53. The number of hydrogen-bond donors (Lipinski definition) is 1. The van der Waals surface area contributed by atoms with Gasteiger partial charge in [0.15, 0.2) is 11.5 Å². The first-order valence-electron chi connectivity index (χ1n) is 15.1. The van der Waals surface area contributed by atoms with Crippen molar-refractivity contribution in [1.29, 1.82) is 0 Å². The molecule has 43 heavy (non-hydrogen) atoms. The van der Waals surface area contributed by atoms with E-state index in [1.165, 1.54) is 16.7 Å². The molecular formula is C34H48N2O6Si. The molecule has 0 spiro atoms. The van der Waals surface area contributed by atoms with E-state index in [2.05, 4.69) is 65.6 Å². The van der Waals surface area contributed by atoms with Gasteiger partial charge in [-0.2, -0.15) is 0 Å². The standard InChI is InChI=1S/C34H48N2O6Si/c1-17-18(2)29(39-9)19(3)26-21(17)14-24-33(38)36-23(28(26)35(24)8)15-22-27(25(36)16-37)32(41-11)31(40-10)20(4)30(22)42-43(12,13)34(5,6)7/h15,24-25,28,37H,14,16H2,1-13H3/t24-,25+,28+/m1/s1. The lowest BCUT2D eigenvalue weighted by Gasteiger charge is -2.54. The van der Waals surface area contributed by atoms with E-state index in [-0.39, 0.29) is 29.6 Å². The van der Waals surface area contributed by atoms with E-state index < -0.39 is 14.4 Å². The van der Waals surface area contributed by atoms with Gasteiger partial charge in [-0.25, -0.2) is 0 Å². The van der Waals surface area contributed by atoms with Crippen LogP contribution in [0.25, 0.3) is 6.08 Å². The van der Waals surface area contributed by atoms with Gasteiger partial charge in [-0.1, -0.05) is 20.8 Å². The average molecular weight is 609 g/mol. The molecule has 1 saturated heterocycles. The van der Waals surface area contributed by atoms with Gasteiger partial charge >= 0.3 is 0 Å². The quantitative estimate of drug-likeness (QED) is 0.394. The van der Waals surface area contributed by atoms with Crippen molar-refractivity contribution in [3.8, 4) is 23.0 Å². The molecular weight excluding hydrogens is 560 g/mol. The molecule has 3 aliphatic heterocycles. The van der Waals surface area contributed by atoms with Crippen molar-refractivity contribution in [3.05, 3.63) is 50.2 Å². The summed E-state index contributed by atoms with van der Waals surface area (Å²) >= 11 is 0. The van der Waals surface area contributed by atoms with Crippen molar-refractivity contribution in [2.24, 2.45) is 0 Å². The lowest BCUT2D eigenvalue weighted by atomic mass is 9.75. The van der Waals surface area contributed by atoms with Crippen molar-refractivity contribution in [1.82, 2.24) is 9.80 Å². The van der Waals surface area contributed by atoms with Gasteiger partial charge in [-0.15, -0.1) is 0 Å². The molecule has 1 N–H and O–H groups in total. The number of carbonyl (C=O) groups excluding carboxylic acids is 1. The Morgan fingerprint density at radius 2 is 1.49 bits per heavy atom. The number of aliphatic hydroxyl groups is 1. The molecule has 3 heterocycles. The molecule has 2 aromatic rings. The molecule has 0 aliphatic carbocycles. The van der Waals surface area contributed by atoms with E-state index in [4.69, 9.17) is 18.6 Å². The summed E-state index contributed by atoms with van der Waals surface area (Å²) < 4.78 is 24.9. The van der Waals surface area contributed by atoms with Crippen molar-refractivity contribution in [2.45, 2.75) is 91.1 Å². The lowest BCUT2D eigenvalue weighted by Crippen LogP contribution is -2.60. The monoisotopic (exact) mass is 608 g/mol. The normalized spacial score (nSPS) is 21.5. The van der Waals surface area contributed by atoms with Gasteiger partial charge in [0.2, 0.25) is 5.91 Å². The first-order valence-corrected chi connectivity index (χ1v) is 18.0. The summed E-state index contributed by atoms with van der Waals surface area (Å²) in [6, 6.07) is -1.24. The van der Waals surface area contributed by atoms with Gasteiger partial charge in [-0.05, 0) is 93.2 Å². The molecule has 3 aliphatic rings. The highest BCUT2D eigenvalue weighted by atomic mass is 28.4. The summed E-state index contributed by atoms with van der Waals surface area (Å²) in [5.74, 6) is 2.66. The van der Waals surface area contributed by atoms with Crippen LogP contribution in [0.2, 0.25) is 18.1 Å². The van der Waals surface area contributed by atoms with Crippen LogP contribution in [-0.4, -0.2) is 70.2 Å². The van der Waals surface area contributed by atoms with E-state index in [1.807, 2.05) is 18.9 Å². The number of fused-ring (bicyclic) bond motifs is 7. The van der Waals surface area contributed by atoms with Gasteiger partial charge in [-0.3, -0.25) is 9.69 Å². The predicted octanol–water partition coefficient (Wildman–Crippen LogP) is 6.16. The second-order valence-electron chi connectivity index (χ2n) is 13.8. The molecule has 0 saturated carbocycles. The van der Waals surface area contributed by atoms with Crippen LogP contribution in [0.1, 0.15) is 77.4 Å². The Labute approximate surface area is 257 Å². The first kappa shape index (κ1) is 31.4. The van der Waals surface area contributed by atoms with E-state index >= 15 is 0 Å². The van der Waals surface area contributed by atoms with Crippen LogP contribution in [0, 0.1) is 27.7 Å². The lowest BCUT2D eigenvalue weighted by molar-refractivity contribution is -0.144. The molecule has 1 fully saturated rings. The number of aliphatic hydroxyl groups excluding tert-OH is 1. The van der Waals surface area contributed by atoms with Gasteiger partial charge in [0.25, 0.3) is 8.32 Å². The van der Waals surface area contributed by atoms with Crippen LogP contribution in [0.4, 0.5) is 0 Å². The number of likely N-dealkylation sites (N-methyl/N-ethyl adjacent to an activating group) is 1. The first-order chi connectivity index (χ1) is 20.1. The highest BCUT2D eigenvalue weighted by molar-refractivity contribution is 6.74. The highest BCUT2D eigenvalue weighted by Crippen LogP contribution is 2.57. The number of amides is 1. The Balaban J connectivity index is 1.89. The van der Waals surface area contributed by atoms with Gasteiger partial charge in [0.1, 0.15) is 11.5 Å². The Bertz CT molecular complexity index is 1540. The summed E-state index contributed by atoms with van der Waals surface area (Å²) in [6.45, 7) is 19.2. The fourth-order valence-corrected chi connectivity index (χ4v) is 8.24. The van der Waals surface area contributed by atoms with Crippen LogP contribution >= 0.6 is 0 Å². The smallest absolute Gasteiger partial charge is 0.250 e. The number of rotatable bonds is 6. The maximum Gasteiger partial charge on any atom is 0.250 e. The molecule has 0 unspecified atom stereocenters. The minimum atomic E-state index is -2.32. The van der Waals surface area contributed by atoms with Crippen LogP contribution in [0.3, 0.4) is 0 Å². The zero-order valence-electron chi connectivity index (χ0n) is 28.1. The van der Waals surface area contributed by atoms with Crippen LogP contribution in [0.5, 0.6) is 23.0 Å². The number of piperazine rings is 1. The second kappa shape index (κ2) is 10.6. The SMILES string of the molecule is COc1c(C)c(C)c2c(c1C)[C@@H]1C3=Cc4c(O[Si](C)(C)C(C)(C)C)c(C)c(OC)c(OC)c4[C@H](CO)N3C(=O)[C@@H](C2)N1C. The third-order valence-electron chi connectivity index (χ3n) is 10.6. The van der Waals surface area contributed by atoms with Gasteiger partial charge in [0, 0.05) is 22.4 Å². The topological polar surface area (TPSA) is 80.7 Å². The summed E-state index contributed by atoms with van der Waals surface area (Å²) in [6.07, 6.45) is 2.70. The Hall–Kier alpha value is -3.01.